The lowest BCUT2D eigenvalue weighted by atomic mass is 9.97. The highest BCUT2D eigenvalue weighted by atomic mass is 79.9. The number of carbonyl (C=O) groups excluding carboxylic acids is 1. The molecule has 0 radical (unpaired) electrons. The van der Waals surface area contributed by atoms with Gasteiger partial charge in [-0.3, -0.25) is 0 Å². The van der Waals surface area contributed by atoms with Crippen molar-refractivity contribution in [2.45, 2.75) is 46.1 Å². The van der Waals surface area contributed by atoms with Gasteiger partial charge in [-0.2, -0.15) is 0 Å². The number of benzene rings is 1. The number of hydrogen-bond donors (Lipinski definition) is 1. The largest absolute Gasteiger partial charge is 0.444 e. The molecule has 0 aromatic heterocycles. The number of halogens is 1. The monoisotopic (exact) mass is 382 g/mol. The fourth-order valence-corrected chi connectivity index (χ4v) is 3.35. The van der Waals surface area contributed by atoms with E-state index in [0.717, 1.165) is 42.6 Å². The Hall–Kier alpha value is -1.23. The van der Waals surface area contributed by atoms with Gasteiger partial charge in [0.25, 0.3) is 0 Å². The molecular weight excluding hydrogens is 356 g/mol. The Labute approximate surface area is 147 Å². The standard InChI is InChI=1S/C18H27BrN2O2/c1-13-9-15(19)11-16(10-13)20-12-14-5-7-21(8-6-14)17(22)23-18(2,3)4/h9-11,14,20H,5-8,12H2,1-4H3. The number of ether oxygens (including phenoxy) is 1. The van der Waals surface area contributed by atoms with Gasteiger partial charge in [0.1, 0.15) is 5.60 Å². The number of nitrogens with zero attached hydrogens (tertiary/aromatic N) is 1. The van der Waals surface area contributed by atoms with Crippen molar-refractivity contribution >= 4 is 27.7 Å². The SMILES string of the molecule is Cc1cc(Br)cc(NCC2CCN(C(=O)OC(C)(C)C)CC2)c1. The van der Waals surface area contributed by atoms with Crippen molar-refractivity contribution in [3.8, 4) is 0 Å². The summed E-state index contributed by atoms with van der Waals surface area (Å²) in [5, 5.41) is 3.51. The third kappa shape index (κ3) is 6.05. The maximum atomic E-state index is 12.1. The number of hydrogen-bond acceptors (Lipinski definition) is 3. The summed E-state index contributed by atoms with van der Waals surface area (Å²) < 4.78 is 6.53. The number of likely N-dealkylation sites (tertiary alicyclic amines) is 1. The second-order valence-electron chi connectivity index (χ2n) is 7.31. The maximum Gasteiger partial charge on any atom is 0.410 e. The van der Waals surface area contributed by atoms with Gasteiger partial charge in [-0.1, -0.05) is 15.9 Å². The van der Waals surface area contributed by atoms with E-state index in [-0.39, 0.29) is 6.09 Å². The predicted molar refractivity (Wildman–Crippen MR) is 97.9 cm³/mol. The summed E-state index contributed by atoms with van der Waals surface area (Å²) in [4.78, 5) is 13.9. The van der Waals surface area contributed by atoms with Gasteiger partial charge in [0.05, 0.1) is 0 Å². The third-order valence-electron chi connectivity index (χ3n) is 3.90. The fourth-order valence-electron chi connectivity index (χ4n) is 2.75. The van der Waals surface area contributed by atoms with E-state index in [2.05, 4.69) is 46.4 Å². The van der Waals surface area contributed by atoms with Crippen LogP contribution in [0.15, 0.2) is 22.7 Å². The molecule has 0 spiro atoms. The minimum atomic E-state index is -0.423. The molecule has 1 aliphatic rings. The van der Waals surface area contributed by atoms with Gasteiger partial charge in [0.15, 0.2) is 0 Å². The zero-order valence-electron chi connectivity index (χ0n) is 14.5. The second kappa shape index (κ2) is 7.56. The Kier molecular flexibility index (Phi) is 5.95. The van der Waals surface area contributed by atoms with Crippen molar-refractivity contribution < 1.29 is 9.53 Å². The van der Waals surface area contributed by atoms with E-state index in [9.17, 15) is 4.79 Å². The van der Waals surface area contributed by atoms with Crippen LogP contribution in [-0.2, 0) is 4.74 Å². The molecular formula is C18H27BrN2O2. The number of nitrogens with one attached hydrogen (secondary N) is 1. The fraction of sp³-hybridized carbons (Fsp3) is 0.611. The van der Waals surface area contributed by atoms with Crippen molar-refractivity contribution in [1.82, 2.24) is 4.90 Å². The van der Waals surface area contributed by atoms with Crippen LogP contribution in [0, 0.1) is 12.8 Å². The first-order valence-electron chi connectivity index (χ1n) is 8.22. The molecule has 4 nitrogen and oxygen atoms in total. The number of rotatable bonds is 3. The first kappa shape index (κ1) is 18.1. The molecule has 2 rings (SSSR count). The van der Waals surface area contributed by atoms with E-state index >= 15 is 0 Å². The lowest BCUT2D eigenvalue weighted by Crippen LogP contribution is -2.42. The number of anilines is 1. The van der Waals surface area contributed by atoms with Crippen LogP contribution in [0.5, 0.6) is 0 Å². The maximum absolute atomic E-state index is 12.1. The predicted octanol–water partition coefficient (Wildman–Crippen LogP) is 4.82. The smallest absolute Gasteiger partial charge is 0.410 e. The number of carbonyl (C=O) groups is 1. The molecule has 5 heteroatoms. The van der Waals surface area contributed by atoms with Gasteiger partial charge in [-0.05, 0) is 70.2 Å². The number of amides is 1. The van der Waals surface area contributed by atoms with Crippen molar-refractivity contribution in [2.75, 3.05) is 25.0 Å². The Balaban J connectivity index is 1.77. The summed E-state index contributed by atoms with van der Waals surface area (Å²) in [6, 6.07) is 6.36. The number of aryl methyl sites for hydroxylation is 1. The highest BCUT2D eigenvalue weighted by molar-refractivity contribution is 9.10. The van der Waals surface area contributed by atoms with Crippen LogP contribution in [0.1, 0.15) is 39.2 Å². The van der Waals surface area contributed by atoms with Gasteiger partial charge in [-0.25, -0.2) is 4.79 Å². The Morgan fingerprint density at radius 3 is 2.52 bits per heavy atom. The molecule has 1 aromatic rings. The average Bonchev–Trinajstić information content (AvgIpc) is 2.43. The zero-order chi connectivity index (χ0) is 17.0. The van der Waals surface area contributed by atoms with E-state index in [1.807, 2.05) is 25.7 Å². The lowest BCUT2D eigenvalue weighted by Gasteiger charge is -2.33. The molecule has 128 valence electrons. The molecule has 1 saturated heterocycles. The first-order valence-corrected chi connectivity index (χ1v) is 9.01. The van der Waals surface area contributed by atoms with Crippen molar-refractivity contribution in [1.29, 1.82) is 0 Å². The molecule has 0 unspecified atom stereocenters. The molecule has 0 saturated carbocycles. The number of piperidine rings is 1. The van der Waals surface area contributed by atoms with Crippen LogP contribution < -0.4 is 5.32 Å². The lowest BCUT2D eigenvalue weighted by molar-refractivity contribution is 0.0188. The van der Waals surface area contributed by atoms with Crippen molar-refractivity contribution in [3.05, 3.63) is 28.2 Å². The first-order chi connectivity index (χ1) is 10.7. The molecule has 0 atom stereocenters. The molecule has 0 bridgehead atoms. The molecule has 1 heterocycles. The summed E-state index contributed by atoms with van der Waals surface area (Å²) in [7, 11) is 0. The minimum Gasteiger partial charge on any atom is -0.444 e. The molecule has 1 amide bonds. The molecule has 23 heavy (non-hydrogen) atoms. The summed E-state index contributed by atoms with van der Waals surface area (Å²) in [6.45, 7) is 10.3. The van der Waals surface area contributed by atoms with Crippen molar-refractivity contribution in [2.24, 2.45) is 5.92 Å². The van der Waals surface area contributed by atoms with Gasteiger partial charge >= 0.3 is 6.09 Å². The molecule has 0 aliphatic carbocycles. The zero-order valence-corrected chi connectivity index (χ0v) is 16.1. The second-order valence-corrected chi connectivity index (χ2v) is 8.22. The van der Waals surface area contributed by atoms with Crippen LogP contribution >= 0.6 is 15.9 Å². The Morgan fingerprint density at radius 1 is 1.30 bits per heavy atom. The molecule has 1 N–H and O–H groups in total. The van der Waals surface area contributed by atoms with Crippen LogP contribution in [0.3, 0.4) is 0 Å². The normalized spacial score (nSPS) is 16.3. The van der Waals surface area contributed by atoms with Crippen molar-refractivity contribution in [3.63, 3.8) is 0 Å². The van der Waals surface area contributed by atoms with Crippen LogP contribution in [0.4, 0.5) is 10.5 Å². The van der Waals surface area contributed by atoms with E-state index in [4.69, 9.17) is 4.74 Å². The topological polar surface area (TPSA) is 41.6 Å². The van der Waals surface area contributed by atoms with Crippen LogP contribution in [-0.4, -0.2) is 36.2 Å². The van der Waals surface area contributed by atoms with Gasteiger partial charge < -0.3 is 15.0 Å². The summed E-state index contributed by atoms with van der Waals surface area (Å²) in [5.41, 5.74) is 1.96. The van der Waals surface area contributed by atoms with E-state index in [1.54, 1.807) is 0 Å². The highest BCUT2D eigenvalue weighted by Gasteiger charge is 2.26. The van der Waals surface area contributed by atoms with Gasteiger partial charge in [0, 0.05) is 29.8 Å². The average molecular weight is 383 g/mol. The highest BCUT2D eigenvalue weighted by Crippen LogP contribution is 2.22. The summed E-state index contributed by atoms with van der Waals surface area (Å²) >= 11 is 3.53. The van der Waals surface area contributed by atoms with Crippen LogP contribution in [0.2, 0.25) is 0 Å². The Morgan fingerprint density at radius 2 is 1.96 bits per heavy atom. The Bertz CT molecular complexity index is 526. The van der Waals surface area contributed by atoms with E-state index < -0.39 is 5.60 Å². The molecule has 1 aliphatic heterocycles. The molecule has 1 aromatic carbocycles. The summed E-state index contributed by atoms with van der Waals surface area (Å²) in [6.07, 6.45) is 1.84. The third-order valence-corrected chi connectivity index (χ3v) is 4.36. The summed E-state index contributed by atoms with van der Waals surface area (Å²) in [5.74, 6) is 0.591. The quantitative estimate of drug-likeness (QED) is 0.814. The molecule has 1 fully saturated rings. The minimum absolute atomic E-state index is 0.188. The van der Waals surface area contributed by atoms with E-state index in [0.29, 0.717) is 5.92 Å². The van der Waals surface area contributed by atoms with Crippen LogP contribution in [0.25, 0.3) is 0 Å². The van der Waals surface area contributed by atoms with E-state index in [1.165, 1.54) is 5.56 Å². The van der Waals surface area contributed by atoms with Gasteiger partial charge in [0.2, 0.25) is 0 Å². The van der Waals surface area contributed by atoms with Gasteiger partial charge in [-0.15, -0.1) is 0 Å².